The van der Waals surface area contributed by atoms with Gasteiger partial charge in [-0.15, -0.1) is 16.8 Å². The second-order valence-corrected chi connectivity index (χ2v) is 8.22. The number of nitrogens with zero attached hydrogens (tertiary/aromatic N) is 3. The third-order valence-corrected chi connectivity index (χ3v) is 6.20. The summed E-state index contributed by atoms with van der Waals surface area (Å²) < 4.78 is 7.27. The zero-order chi connectivity index (χ0) is 20.8. The molecule has 0 spiro atoms. The normalized spacial score (nSPS) is 24.1. The summed E-state index contributed by atoms with van der Waals surface area (Å²) in [6.45, 7) is 8.32. The summed E-state index contributed by atoms with van der Waals surface area (Å²) in [5, 5.41) is 16.8. The zero-order valence-electron chi connectivity index (χ0n) is 17.0. The smallest absolute Gasteiger partial charge is 0.319 e. The van der Waals surface area contributed by atoms with Gasteiger partial charge < -0.3 is 19.9 Å². The van der Waals surface area contributed by atoms with Crippen LogP contribution in [0.2, 0.25) is 0 Å². The molecule has 1 aromatic rings. The Labute approximate surface area is 175 Å². The SMILES string of the molecule is C=CCn1c(S/C=C2/NC(=O)N[C@H](C)[C@H]2C(=O)OCC)nnc1C1CCCCC1. The van der Waals surface area contributed by atoms with Crippen LogP contribution in [0.25, 0.3) is 0 Å². The molecule has 2 fully saturated rings. The summed E-state index contributed by atoms with van der Waals surface area (Å²) in [4.78, 5) is 24.3. The van der Waals surface area contributed by atoms with Gasteiger partial charge in [-0.1, -0.05) is 37.1 Å². The van der Waals surface area contributed by atoms with E-state index in [9.17, 15) is 9.59 Å². The topological polar surface area (TPSA) is 98.1 Å². The molecule has 2 heterocycles. The molecular formula is C20H29N5O3S. The number of rotatable bonds is 7. The molecule has 1 aliphatic heterocycles. The van der Waals surface area contributed by atoms with Crippen molar-refractivity contribution in [2.75, 3.05) is 6.61 Å². The Kier molecular flexibility index (Phi) is 7.35. The summed E-state index contributed by atoms with van der Waals surface area (Å²) in [5.74, 6) is 0.461. The lowest BCUT2D eigenvalue weighted by molar-refractivity contribution is -0.147. The maximum Gasteiger partial charge on any atom is 0.319 e. The number of esters is 1. The Balaban J connectivity index is 1.84. The monoisotopic (exact) mass is 419 g/mol. The highest BCUT2D eigenvalue weighted by Gasteiger charge is 2.36. The first-order valence-corrected chi connectivity index (χ1v) is 11.1. The summed E-state index contributed by atoms with van der Waals surface area (Å²) in [7, 11) is 0. The van der Waals surface area contributed by atoms with E-state index in [1.54, 1.807) is 19.3 Å². The Bertz CT molecular complexity index is 785. The number of thioether (sulfide) groups is 1. The Morgan fingerprint density at radius 1 is 1.34 bits per heavy atom. The van der Waals surface area contributed by atoms with Gasteiger partial charge in [0.25, 0.3) is 0 Å². The van der Waals surface area contributed by atoms with Gasteiger partial charge in [0.1, 0.15) is 11.7 Å². The third kappa shape index (κ3) is 5.01. The molecular weight excluding hydrogens is 390 g/mol. The predicted octanol–water partition coefficient (Wildman–Crippen LogP) is 3.33. The maximum atomic E-state index is 12.4. The lowest BCUT2D eigenvalue weighted by Crippen LogP contribution is -2.54. The number of allylic oxidation sites excluding steroid dienone is 1. The maximum absolute atomic E-state index is 12.4. The van der Waals surface area contributed by atoms with E-state index in [0.29, 0.717) is 18.2 Å². The highest BCUT2D eigenvalue weighted by Crippen LogP contribution is 2.34. The summed E-state index contributed by atoms with van der Waals surface area (Å²) in [5.41, 5.74) is 0.511. The average Bonchev–Trinajstić information content (AvgIpc) is 3.09. The largest absolute Gasteiger partial charge is 0.465 e. The number of carbonyl (C=O) groups excluding carboxylic acids is 2. The number of aromatic nitrogens is 3. The lowest BCUT2D eigenvalue weighted by Gasteiger charge is -2.31. The second kappa shape index (κ2) is 9.96. The molecule has 29 heavy (non-hydrogen) atoms. The predicted molar refractivity (Wildman–Crippen MR) is 111 cm³/mol. The minimum atomic E-state index is -0.589. The molecule has 8 nitrogen and oxygen atoms in total. The van der Waals surface area contributed by atoms with E-state index in [1.807, 2.05) is 6.08 Å². The van der Waals surface area contributed by atoms with Crippen LogP contribution in [0.4, 0.5) is 4.79 Å². The molecule has 2 amide bonds. The number of urea groups is 1. The van der Waals surface area contributed by atoms with Crippen molar-refractivity contribution in [2.24, 2.45) is 5.92 Å². The van der Waals surface area contributed by atoms with Crippen molar-refractivity contribution in [1.29, 1.82) is 0 Å². The van der Waals surface area contributed by atoms with Crippen molar-refractivity contribution >= 4 is 23.8 Å². The van der Waals surface area contributed by atoms with E-state index in [2.05, 4.69) is 32.0 Å². The molecule has 0 unspecified atom stereocenters. The van der Waals surface area contributed by atoms with Gasteiger partial charge in [-0.3, -0.25) is 4.79 Å². The lowest BCUT2D eigenvalue weighted by atomic mass is 9.89. The summed E-state index contributed by atoms with van der Waals surface area (Å²) in [6.07, 6.45) is 7.81. The van der Waals surface area contributed by atoms with Crippen LogP contribution in [0.3, 0.4) is 0 Å². The van der Waals surface area contributed by atoms with Gasteiger partial charge >= 0.3 is 12.0 Å². The van der Waals surface area contributed by atoms with Crippen molar-refractivity contribution in [3.8, 4) is 0 Å². The summed E-state index contributed by atoms with van der Waals surface area (Å²) >= 11 is 1.35. The molecule has 2 atom stereocenters. The van der Waals surface area contributed by atoms with Crippen LogP contribution < -0.4 is 10.6 Å². The quantitative estimate of drug-likeness (QED) is 0.400. The molecule has 9 heteroatoms. The number of amides is 2. The fourth-order valence-corrected chi connectivity index (χ4v) is 4.76. The first kappa shape index (κ1) is 21.4. The van der Waals surface area contributed by atoms with Crippen LogP contribution in [-0.2, 0) is 16.1 Å². The highest BCUT2D eigenvalue weighted by molar-refractivity contribution is 8.02. The van der Waals surface area contributed by atoms with Crippen LogP contribution in [-0.4, -0.2) is 39.4 Å². The van der Waals surface area contributed by atoms with Crippen molar-refractivity contribution in [3.05, 3.63) is 29.6 Å². The molecule has 1 aliphatic carbocycles. The third-order valence-electron chi connectivity index (χ3n) is 5.31. The molecule has 2 aliphatic rings. The molecule has 3 rings (SSSR count). The minimum absolute atomic E-state index is 0.287. The standard InChI is InChI=1S/C20H29N5O3S/c1-4-11-25-17(14-9-7-6-8-10-14)23-24-20(25)29-12-15-16(18(26)28-5-2)13(3)21-19(27)22-15/h4,12-14,16H,1,5-11H2,2-3H3,(H2,21,22,27)/b15-12+/t13-,16-/m1/s1. The van der Waals surface area contributed by atoms with E-state index < -0.39 is 5.92 Å². The first-order chi connectivity index (χ1) is 14.0. The molecule has 158 valence electrons. The summed E-state index contributed by atoms with van der Waals surface area (Å²) in [6, 6.07) is -0.696. The zero-order valence-corrected chi connectivity index (χ0v) is 17.8. The fourth-order valence-electron chi connectivity index (χ4n) is 3.94. The molecule has 1 saturated carbocycles. The van der Waals surface area contributed by atoms with Crippen molar-refractivity contribution < 1.29 is 14.3 Å². The molecule has 0 radical (unpaired) electrons. The van der Waals surface area contributed by atoms with Gasteiger partial charge in [0.15, 0.2) is 5.16 Å². The van der Waals surface area contributed by atoms with Crippen LogP contribution in [0, 0.1) is 5.92 Å². The molecule has 0 aromatic carbocycles. The van der Waals surface area contributed by atoms with E-state index >= 15 is 0 Å². The molecule has 1 aromatic heterocycles. The van der Waals surface area contributed by atoms with Gasteiger partial charge in [0.05, 0.1) is 6.61 Å². The van der Waals surface area contributed by atoms with E-state index in [4.69, 9.17) is 4.74 Å². The molecule has 0 bridgehead atoms. The van der Waals surface area contributed by atoms with Crippen molar-refractivity contribution in [3.63, 3.8) is 0 Å². The Morgan fingerprint density at radius 3 is 2.79 bits per heavy atom. The van der Waals surface area contributed by atoms with Gasteiger partial charge in [0.2, 0.25) is 0 Å². The van der Waals surface area contributed by atoms with Gasteiger partial charge in [-0.05, 0) is 32.1 Å². The van der Waals surface area contributed by atoms with Crippen LogP contribution in [0.5, 0.6) is 0 Å². The van der Waals surface area contributed by atoms with Crippen LogP contribution in [0.15, 0.2) is 28.9 Å². The van der Waals surface area contributed by atoms with E-state index in [1.165, 1.54) is 31.0 Å². The van der Waals surface area contributed by atoms with Crippen LogP contribution >= 0.6 is 11.8 Å². The molecule has 2 N–H and O–H groups in total. The van der Waals surface area contributed by atoms with E-state index in [0.717, 1.165) is 23.8 Å². The van der Waals surface area contributed by atoms with Gasteiger partial charge in [0, 0.05) is 24.2 Å². The van der Waals surface area contributed by atoms with Crippen molar-refractivity contribution in [2.45, 2.75) is 69.6 Å². The highest BCUT2D eigenvalue weighted by atomic mass is 32.2. The number of hydrogen-bond acceptors (Lipinski definition) is 6. The van der Waals surface area contributed by atoms with Crippen molar-refractivity contribution in [1.82, 2.24) is 25.4 Å². The van der Waals surface area contributed by atoms with Gasteiger partial charge in [-0.25, -0.2) is 4.79 Å². The fraction of sp³-hybridized carbons (Fsp3) is 0.600. The molecule has 1 saturated heterocycles. The first-order valence-electron chi connectivity index (χ1n) is 10.2. The Hall–Kier alpha value is -2.29. The number of nitrogens with one attached hydrogen (secondary N) is 2. The minimum Gasteiger partial charge on any atom is -0.465 e. The Morgan fingerprint density at radius 2 is 2.10 bits per heavy atom. The number of ether oxygens (including phenoxy) is 1. The number of hydrogen-bond donors (Lipinski definition) is 2. The average molecular weight is 420 g/mol. The number of carbonyl (C=O) groups is 2. The van der Waals surface area contributed by atoms with Gasteiger partial charge in [-0.2, -0.15) is 0 Å². The van der Waals surface area contributed by atoms with E-state index in [-0.39, 0.29) is 24.6 Å². The van der Waals surface area contributed by atoms with Crippen LogP contribution in [0.1, 0.15) is 57.7 Å². The second-order valence-electron chi connectivity index (χ2n) is 7.38.